The second kappa shape index (κ2) is 7.45. The van der Waals surface area contributed by atoms with E-state index in [2.05, 4.69) is 5.32 Å². The smallest absolute Gasteiger partial charge is 0.283 e. The summed E-state index contributed by atoms with van der Waals surface area (Å²) >= 11 is 11.8. The van der Waals surface area contributed by atoms with Crippen LogP contribution in [0.25, 0.3) is 0 Å². The predicted molar refractivity (Wildman–Crippen MR) is 79.5 cm³/mol. The fraction of sp³-hybridized carbons (Fsp3) is 0.462. The Morgan fingerprint density at radius 2 is 2.10 bits per heavy atom. The van der Waals surface area contributed by atoms with Crippen LogP contribution in [-0.4, -0.2) is 22.8 Å². The molecule has 7 heteroatoms. The lowest BCUT2D eigenvalue weighted by Crippen LogP contribution is -2.30. The van der Waals surface area contributed by atoms with E-state index in [0.29, 0.717) is 5.92 Å². The maximum Gasteiger partial charge on any atom is 0.283 e. The largest absolute Gasteiger partial charge is 0.350 e. The van der Waals surface area contributed by atoms with Gasteiger partial charge in [-0.1, -0.05) is 25.4 Å². The van der Waals surface area contributed by atoms with Crippen LogP contribution < -0.4 is 5.32 Å². The molecule has 0 aliphatic heterocycles. The first-order valence-corrected chi connectivity index (χ1v) is 6.99. The van der Waals surface area contributed by atoms with Gasteiger partial charge in [0.2, 0.25) is 0 Å². The van der Waals surface area contributed by atoms with Crippen molar-refractivity contribution in [3.8, 4) is 0 Å². The van der Waals surface area contributed by atoms with Gasteiger partial charge in [-0.2, -0.15) is 0 Å². The van der Waals surface area contributed by atoms with Crippen LogP contribution in [0.4, 0.5) is 5.69 Å². The Morgan fingerprint density at radius 1 is 1.45 bits per heavy atom. The molecule has 1 atom stereocenters. The van der Waals surface area contributed by atoms with Gasteiger partial charge in [0, 0.05) is 17.6 Å². The molecule has 5 nitrogen and oxygen atoms in total. The van der Waals surface area contributed by atoms with E-state index in [-0.39, 0.29) is 28.2 Å². The Morgan fingerprint density at radius 3 is 2.65 bits per heavy atom. The van der Waals surface area contributed by atoms with Crippen LogP contribution in [-0.2, 0) is 0 Å². The molecule has 0 aliphatic rings. The molecule has 1 unspecified atom stereocenters. The molecule has 1 aromatic carbocycles. The van der Waals surface area contributed by atoms with Crippen molar-refractivity contribution in [2.75, 3.05) is 6.54 Å². The molecule has 1 aromatic rings. The third-order valence-corrected chi connectivity index (χ3v) is 3.18. The van der Waals surface area contributed by atoms with E-state index in [1.807, 2.05) is 13.8 Å². The van der Waals surface area contributed by atoms with Gasteiger partial charge in [0.1, 0.15) is 5.56 Å². The van der Waals surface area contributed by atoms with Crippen molar-refractivity contribution in [2.45, 2.75) is 25.6 Å². The normalized spacial score (nSPS) is 12.2. The molecule has 0 heterocycles. The molecule has 0 spiro atoms. The highest BCUT2D eigenvalue weighted by atomic mass is 35.5. The molecule has 0 saturated carbocycles. The minimum absolute atomic E-state index is 0.0205. The molecule has 1 rings (SSSR count). The first kappa shape index (κ1) is 16.7. The van der Waals surface area contributed by atoms with Crippen molar-refractivity contribution < 1.29 is 9.72 Å². The van der Waals surface area contributed by atoms with Gasteiger partial charge in [0.25, 0.3) is 11.6 Å². The zero-order valence-corrected chi connectivity index (χ0v) is 12.7. The Labute approximate surface area is 127 Å². The molecule has 1 N–H and O–H groups in total. The molecular formula is C13H16Cl2N2O3. The Hall–Kier alpha value is -1.33. The van der Waals surface area contributed by atoms with Crippen LogP contribution in [0.2, 0.25) is 5.02 Å². The van der Waals surface area contributed by atoms with Crippen LogP contribution in [0, 0.1) is 16.0 Å². The summed E-state index contributed by atoms with van der Waals surface area (Å²) in [5.41, 5.74) is -0.335. The monoisotopic (exact) mass is 318 g/mol. The van der Waals surface area contributed by atoms with Gasteiger partial charge >= 0.3 is 0 Å². The van der Waals surface area contributed by atoms with Gasteiger partial charge in [-0.05, 0) is 24.5 Å². The van der Waals surface area contributed by atoms with Crippen molar-refractivity contribution in [3.05, 3.63) is 38.9 Å². The number of nitro groups is 1. The Balaban J connectivity index is 2.75. The van der Waals surface area contributed by atoms with Crippen molar-refractivity contribution in [3.63, 3.8) is 0 Å². The number of benzene rings is 1. The van der Waals surface area contributed by atoms with Crippen LogP contribution in [0.3, 0.4) is 0 Å². The maximum atomic E-state index is 12.0. The number of amides is 1. The summed E-state index contributed by atoms with van der Waals surface area (Å²) in [5, 5.41) is 13.5. The Kier molecular flexibility index (Phi) is 6.23. The first-order chi connectivity index (χ1) is 9.31. The molecule has 0 fully saturated rings. The number of hydrogen-bond acceptors (Lipinski definition) is 3. The highest BCUT2D eigenvalue weighted by Crippen LogP contribution is 2.23. The van der Waals surface area contributed by atoms with E-state index < -0.39 is 10.8 Å². The Bertz CT molecular complexity index is 506. The van der Waals surface area contributed by atoms with Crippen molar-refractivity contribution >= 4 is 34.8 Å². The van der Waals surface area contributed by atoms with Gasteiger partial charge < -0.3 is 5.32 Å². The zero-order chi connectivity index (χ0) is 15.3. The standard InChI is InChI=1S/C13H16Cl2N2O3/c1-8(2)5-10(15)7-16-13(18)11-4-3-9(14)6-12(11)17(19)20/h3-4,6,8,10H,5,7H2,1-2H3,(H,16,18). The third kappa shape index (κ3) is 4.98. The second-order valence-electron chi connectivity index (χ2n) is 4.86. The summed E-state index contributed by atoms with van der Waals surface area (Å²) in [6.07, 6.45) is 0.755. The van der Waals surface area contributed by atoms with Gasteiger partial charge in [0.15, 0.2) is 0 Å². The molecule has 0 saturated heterocycles. The number of carbonyl (C=O) groups excluding carboxylic acids is 1. The van der Waals surface area contributed by atoms with Crippen molar-refractivity contribution in [2.24, 2.45) is 5.92 Å². The summed E-state index contributed by atoms with van der Waals surface area (Å²) < 4.78 is 0. The van der Waals surface area contributed by atoms with E-state index in [0.717, 1.165) is 12.5 Å². The number of nitrogens with zero attached hydrogens (tertiary/aromatic N) is 1. The van der Waals surface area contributed by atoms with Crippen LogP contribution >= 0.6 is 23.2 Å². The van der Waals surface area contributed by atoms with Crippen LogP contribution in [0.5, 0.6) is 0 Å². The first-order valence-electron chi connectivity index (χ1n) is 6.17. The number of alkyl halides is 1. The van der Waals surface area contributed by atoms with Crippen LogP contribution in [0.15, 0.2) is 18.2 Å². The van der Waals surface area contributed by atoms with E-state index in [9.17, 15) is 14.9 Å². The summed E-state index contributed by atoms with van der Waals surface area (Å²) in [4.78, 5) is 22.2. The minimum atomic E-state index is -0.632. The maximum absolute atomic E-state index is 12.0. The highest BCUT2D eigenvalue weighted by Gasteiger charge is 2.21. The van der Waals surface area contributed by atoms with Gasteiger partial charge in [-0.25, -0.2) is 0 Å². The van der Waals surface area contributed by atoms with Crippen molar-refractivity contribution in [1.29, 1.82) is 0 Å². The summed E-state index contributed by atoms with van der Waals surface area (Å²) in [7, 11) is 0. The van der Waals surface area contributed by atoms with E-state index >= 15 is 0 Å². The number of halogens is 2. The van der Waals surface area contributed by atoms with Gasteiger partial charge in [0.05, 0.1) is 10.3 Å². The lowest BCUT2D eigenvalue weighted by atomic mass is 10.1. The fourth-order valence-corrected chi connectivity index (χ4v) is 2.34. The van der Waals surface area contributed by atoms with E-state index in [1.165, 1.54) is 12.1 Å². The third-order valence-electron chi connectivity index (χ3n) is 2.61. The number of nitrogens with one attached hydrogen (secondary N) is 1. The quantitative estimate of drug-likeness (QED) is 0.494. The van der Waals surface area contributed by atoms with Crippen molar-refractivity contribution in [1.82, 2.24) is 5.32 Å². The van der Waals surface area contributed by atoms with E-state index in [1.54, 1.807) is 0 Å². The number of carbonyl (C=O) groups is 1. The zero-order valence-electron chi connectivity index (χ0n) is 11.2. The van der Waals surface area contributed by atoms with Gasteiger partial charge in [-0.15, -0.1) is 11.6 Å². The topological polar surface area (TPSA) is 72.2 Å². The molecule has 1 amide bonds. The summed E-state index contributed by atoms with van der Waals surface area (Å²) in [6, 6.07) is 3.93. The van der Waals surface area contributed by atoms with Crippen LogP contribution in [0.1, 0.15) is 30.6 Å². The lowest BCUT2D eigenvalue weighted by Gasteiger charge is -2.13. The van der Waals surface area contributed by atoms with Gasteiger partial charge in [-0.3, -0.25) is 14.9 Å². The molecule has 0 aromatic heterocycles. The number of nitro benzene ring substituents is 1. The molecule has 110 valence electrons. The minimum Gasteiger partial charge on any atom is -0.350 e. The molecule has 0 aliphatic carbocycles. The summed E-state index contributed by atoms with van der Waals surface area (Å²) in [6.45, 7) is 4.32. The molecule has 0 bridgehead atoms. The molecule has 20 heavy (non-hydrogen) atoms. The summed E-state index contributed by atoms with van der Waals surface area (Å²) in [5.74, 6) is -0.109. The lowest BCUT2D eigenvalue weighted by molar-refractivity contribution is -0.385. The van der Waals surface area contributed by atoms with E-state index in [4.69, 9.17) is 23.2 Å². The average Bonchev–Trinajstić information content (AvgIpc) is 2.35. The fourth-order valence-electron chi connectivity index (χ4n) is 1.74. The number of rotatable bonds is 6. The predicted octanol–water partition coefficient (Wildman–Crippen LogP) is 3.63. The average molecular weight is 319 g/mol. The highest BCUT2D eigenvalue weighted by molar-refractivity contribution is 6.31. The molecular weight excluding hydrogens is 303 g/mol. The SMILES string of the molecule is CC(C)CC(Cl)CNC(=O)c1ccc(Cl)cc1[N+](=O)[O-]. The number of hydrogen-bond donors (Lipinski definition) is 1. The second-order valence-corrected chi connectivity index (χ2v) is 5.91. The molecule has 0 radical (unpaired) electrons.